The second kappa shape index (κ2) is 8.25. The molecule has 1 aromatic rings. The van der Waals surface area contributed by atoms with Crippen LogP contribution in [-0.4, -0.2) is 24.6 Å². The SMILES string of the molecule is CCCOc1ccc(NC(=O)C2(C)CCCCN2)cc1.Cl. The molecule has 0 aliphatic carbocycles. The zero-order valence-corrected chi connectivity index (χ0v) is 13.6. The fraction of sp³-hybridized carbons (Fsp3) is 0.562. The number of amides is 1. The van der Waals surface area contributed by atoms with Gasteiger partial charge in [0.15, 0.2) is 0 Å². The van der Waals surface area contributed by atoms with E-state index in [9.17, 15) is 4.79 Å². The molecule has 2 N–H and O–H groups in total. The summed E-state index contributed by atoms with van der Waals surface area (Å²) in [5.41, 5.74) is 0.364. The maximum atomic E-state index is 12.3. The van der Waals surface area contributed by atoms with Crippen LogP contribution in [0.3, 0.4) is 0 Å². The lowest BCUT2D eigenvalue weighted by atomic mass is 9.90. The van der Waals surface area contributed by atoms with Gasteiger partial charge >= 0.3 is 0 Å². The number of carbonyl (C=O) groups excluding carboxylic acids is 1. The molecule has 1 aliphatic heterocycles. The summed E-state index contributed by atoms with van der Waals surface area (Å²) >= 11 is 0. The molecule has 1 amide bonds. The number of anilines is 1. The number of hydrogen-bond acceptors (Lipinski definition) is 3. The molecule has 2 rings (SSSR count). The fourth-order valence-electron chi connectivity index (χ4n) is 2.37. The van der Waals surface area contributed by atoms with Gasteiger partial charge in [-0.25, -0.2) is 0 Å². The van der Waals surface area contributed by atoms with Crippen LogP contribution in [0, 0.1) is 0 Å². The highest BCUT2D eigenvalue weighted by Gasteiger charge is 2.34. The van der Waals surface area contributed by atoms with Gasteiger partial charge in [0.25, 0.3) is 0 Å². The third kappa shape index (κ3) is 4.90. The van der Waals surface area contributed by atoms with Crippen LogP contribution in [0.5, 0.6) is 5.75 Å². The average Bonchev–Trinajstić information content (AvgIpc) is 2.47. The van der Waals surface area contributed by atoms with Crippen LogP contribution in [0.2, 0.25) is 0 Å². The second-order valence-electron chi connectivity index (χ2n) is 5.54. The Balaban J connectivity index is 0.00000220. The summed E-state index contributed by atoms with van der Waals surface area (Å²) < 4.78 is 5.53. The molecule has 1 unspecified atom stereocenters. The molecule has 21 heavy (non-hydrogen) atoms. The summed E-state index contributed by atoms with van der Waals surface area (Å²) in [5, 5.41) is 6.30. The molecule has 0 radical (unpaired) electrons. The van der Waals surface area contributed by atoms with E-state index in [4.69, 9.17) is 4.74 Å². The Morgan fingerprint density at radius 2 is 2.05 bits per heavy atom. The van der Waals surface area contributed by atoms with E-state index >= 15 is 0 Å². The molecule has 0 spiro atoms. The van der Waals surface area contributed by atoms with Gasteiger partial charge in [-0.1, -0.05) is 6.92 Å². The monoisotopic (exact) mass is 312 g/mol. The summed E-state index contributed by atoms with van der Waals surface area (Å²) in [7, 11) is 0. The molecule has 1 aromatic carbocycles. The summed E-state index contributed by atoms with van der Waals surface area (Å²) in [6.07, 6.45) is 4.12. The van der Waals surface area contributed by atoms with Crippen molar-refractivity contribution in [3.63, 3.8) is 0 Å². The van der Waals surface area contributed by atoms with E-state index in [0.717, 1.165) is 43.7 Å². The van der Waals surface area contributed by atoms with Crippen molar-refractivity contribution in [2.75, 3.05) is 18.5 Å². The third-order valence-corrected chi connectivity index (χ3v) is 3.70. The van der Waals surface area contributed by atoms with Gasteiger partial charge in [0.1, 0.15) is 5.75 Å². The molecule has 1 heterocycles. The number of halogens is 1. The van der Waals surface area contributed by atoms with E-state index in [2.05, 4.69) is 17.6 Å². The lowest BCUT2D eigenvalue weighted by Gasteiger charge is -2.33. The Kier molecular flexibility index (Phi) is 6.99. The Labute approximate surface area is 133 Å². The van der Waals surface area contributed by atoms with Crippen molar-refractivity contribution in [3.8, 4) is 5.75 Å². The molecule has 1 fully saturated rings. The minimum atomic E-state index is -0.449. The number of hydrogen-bond donors (Lipinski definition) is 2. The van der Waals surface area contributed by atoms with Crippen LogP contribution in [-0.2, 0) is 4.79 Å². The van der Waals surface area contributed by atoms with Crippen molar-refractivity contribution in [2.45, 2.75) is 45.1 Å². The highest BCUT2D eigenvalue weighted by Crippen LogP contribution is 2.22. The topological polar surface area (TPSA) is 50.4 Å². The molecule has 0 aromatic heterocycles. The summed E-state index contributed by atoms with van der Waals surface area (Å²) in [6.45, 7) is 5.67. The predicted molar refractivity (Wildman–Crippen MR) is 88.4 cm³/mol. The Morgan fingerprint density at radius 3 is 2.62 bits per heavy atom. The summed E-state index contributed by atoms with van der Waals surface area (Å²) in [6, 6.07) is 7.55. The highest BCUT2D eigenvalue weighted by atomic mass is 35.5. The zero-order valence-electron chi connectivity index (χ0n) is 12.8. The van der Waals surface area contributed by atoms with Crippen LogP contribution in [0.15, 0.2) is 24.3 Å². The van der Waals surface area contributed by atoms with Crippen molar-refractivity contribution in [1.82, 2.24) is 5.32 Å². The maximum absolute atomic E-state index is 12.3. The van der Waals surface area contributed by atoms with Crippen molar-refractivity contribution >= 4 is 24.0 Å². The summed E-state index contributed by atoms with van der Waals surface area (Å²) in [5.74, 6) is 0.881. The first kappa shape index (κ1) is 17.8. The molecule has 0 bridgehead atoms. The molecule has 0 saturated carbocycles. The van der Waals surface area contributed by atoms with E-state index in [1.165, 1.54) is 0 Å². The summed E-state index contributed by atoms with van der Waals surface area (Å²) in [4.78, 5) is 12.3. The molecular weight excluding hydrogens is 288 g/mol. The van der Waals surface area contributed by atoms with Crippen LogP contribution in [0.25, 0.3) is 0 Å². The smallest absolute Gasteiger partial charge is 0.244 e. The fourth-order valence-corrected chi connectivity index (χ4v) is 2.37. The third-order valence-electron chi connectivity index (χ3n) is 3.70. The Bertz CT molecular complexity index is 442. The normalized spacial score (nSPS) is 21.2. The number of piperidine rings is 1. The van der Waals surface area contributed by atoms with Crippen molar-refractivity contribution in [1.29, 1.82) is 0 Å². The van der Waals surface area contributed by atoms with Crippen molar-refractivity contribution in [2.24, 2.45) is 0 Å². The lowest BCUT2D eigenvalue weighted by Crippen LogP contribution is -2.54. The van der Waals surface area contributed by atoms with E-state index in [-0.39, 0.29) is 18.3 Å². The minimum Gasteiger partial charge on any atom is -0.494 e. The second-order valence-corrected chi connectivity index (χ2v) is 5.54. The zero-order chi connectivity index (χ0) is 14.4. The molecule has 118 valence electrons. The molecular formula is C16H25ClN2O2. The number of carbonyl (C=O) groups is 1. The highest BCUT2D eigenvalue weighted by molar-refractivity contribution is 5.97. The standard InChI is InChI=1S/C16H24N2O2.ClH/c1-3-12-20-14-8-6-13(7-9-14)18-15(19)16(2)10-4-5-11-17-16;/h6-9,17H,3-5,10-12H2,1-2H3,(H,18,19);1H. The lowest BCUT2D eigenvalue weighted by molar-refractivity contribution is -0.122. The molecule has 1 saturated heterocycles. The molecule has 4 nitrogen and oxygen atoms in total. The first-order chi connectivity index (χ1) is 9.64. The number of benzene rings is 1. The molecule has 1 atom stereocenters. The van der Waals surface area contributed by atoms with Gasteiger partial charge in [-0.05, 0) is 63.4 Å². The van der Waals surface area contributed by atoms with Gasteiger partial charge in [0.2, 0.25) is 5.91 Å². The maximum Gasteiger partial charge on any atom is 0.244 e. The molecule has 5 heteroatoms. The van der Waals surface area contributed by atoms with Crippen LogP contribution >= 0.6 is 12.4 Å². The first-order valence-corrected chi connectivity index (χ1v) is 7.43. The van der Waals surface area contributed by atoms with E-state index in [1.54, 1.807) is 0 Å². The van der Waals surface area contributed by atoms with Gasteiger partial charge in [0, 0.05) is 5.69 Å². The number of nitrogens with one attached hydrogen (secondary N) is 2. The Hall–Kier alpha value is -1.26. The first-order valence-electron chi connectivity index (χ1n) is 7.43. The average molecular weight is 313 g/mol. The van der Waals surface area contributed by atoms with Crippen LogP contribution < -0.4 is 15.4 Å². The molecule has 1 aliphatic rings. The van der Waals surface area contributed by atoms with Gasteiger partial charge in [0.05, 0.1) is 12.1 Å². The van der Waals surface area contributed by atoms with Gasteiger partial charge in [-0.2, -0.15) is 0 Å². The number of rotatable bonds is 5. The number of ether oxygens (including phenoxy) is 1. The van der Waals surface area contributed by atoms with Crippen molar-refractivity contribution < 1.29 is 9.53 Å². The predicted octanol–water partition coefficient (Wildman–Crippen LogP) is 3.37. The van der Waals surface area contributed by atoms with Gasteiger partial charge in [-0.3, -0.25) is 4.79 Å². The van der Waals surface area contributed by atoms with E-state index in [1.807, 2.05) is 31.2 Å². The van der Waals surface area contributed by atoms with E-state index < -0.39 is 5.54 Å². The Morgan fingerprint density at radius 1 is 1.33 bits per heavy atom. The van der Waals surface area contributed by atoms with Gasteiger partial charge < -0.3 is 15.4 Å². The van der Waals surface area contributed by atoms with Gasteiger partial charge in [-0.15, -0.1) is 12.4 Å². The van der Waals surface area contributed by atoms with Crippen LogP contribution in [0.4, 0.5) is 5.69 Å². The van der Waals surface area contributed by atoms with Crippen molar-refractivity contribution in [3.05, 3.63) is 24.3 Å². The minimum absolute atomic E-state index is 0. The largest absolute Gasteiger partial charge is 0.494 e. The quantitative estimate of drug-likeness (QED) is 0.876. The van der Waals surface area contributed by atoms with Crippen LogP contribution in [0.1, 0.15) is 39.5 Å². The van der Waals surface area contributed by atoms with E-state index in [0.29, 0.717) is 6.61 Å².